The minimum absolute atomic E-state index is 0.178. The Hall–Kier alpha value is -2.40. The van der Waals surface area contributed by atoms with Crippen LogP contribution in [0.3, 0.4) is 0 Å². The van der Waals surface area contributed by atoms with Gasteiger partial charge in [-0.2, -0.15) is 0 Å². The van der Waals surface area contributed by atoms with Crippen molar-refractivity contribution in [2.45, 2.75) is 13.8 Å². The summed E-state index contributed by atoms with van der Waals surface area (Å²) in [6.45, 7) is 4.13. The molecular formula is C16H15N3OS. The number of aromatic nitrogens is 1. The SMILES string of the molecule is Cc1ccc2sc(NNC(=O)c3ccccc3)nc2c1C. The zero-order valence-electron chi connectivity index (χ0n) is 11.8. The number of rotatable bonds is 3. The Kier molecular flexibility index (Phi) is 3.58. The molecule has 1 amide bonds. The van der Waals surface area contributed by atoms with Gasteiger partial charge in [-0.3, -0.25) is 15.6 Å². The molecule has 1 heterocycles. The van der Waals surface area contributed by atoms with Gasteiger partial charge in [0.05, 0.1) is 10.2 Å². The highest BCUT2D eigenvalue weighted by molar-refractivity contribution is 7.22. The average molecular weight is 297 g/mol. The molecular weight excluding hydrogens is 282 g/mol. The fourth-order valence-electron chi connectivity index (χ4n) is 2.05. The third-order valence-corrected chi connectivity index (χ3v) is 4.34. The number of aryl methyl sites for hydroxylation is 2. The molecule has 1 aromatic heterocycles. The van der Waals surface area contributed by atoms with E-state index in [1.54, 1.807) is 12.1 Å². The van der Waals surface area contributed by atoms with Crippen LogP contribution in [0.2, 0.25) is 0 Å². The number of nitrogens with one attached hydrogen (secondary N) is 2. The van der Waals surface area contributed by atoms with Gasteiger partial charge in [-0.05, 0) is 43.2 Å². The van der Waals surface area contributed by atoms with E-state index in [9.17, 15) is 4.79 Å². The van der Waals surface area contributed by atoms with Crippen LogP contribution in [0.15, 0.2) is 42.5 Å². The van der Waals surface area contributed by atoms with E-state index in [0.717, 1.165) is 10.2 Å². The number of thiazole rings is 1. The molecule has 0 bridgehead atoms. The second-order valence-corrected chi connectivity index (χ2v) is 5.85. The molecule has 2 N–H and O–H groups in total. The van der Waals surface area contributed by atoms with Gasteiger partial charge < -0.3 is 0 Å². The molecule has 0 unspecified atom stereocenters. The maximum absolute atomic E-state index is 12.0. The van der Waals surface area contributed by atoms with Crippen molar-refractivity contribution in [2.75, 3.05) is 5.43 Å². The lowest BCUT2D eigenvalue weighted by Crippen LogP contribution is -2.29. The molecule has 4 nitrogen and oxygen atoms in total. The molecule has 0 atom stereocenters. The zero-order chi connectivity index (χ0) is 14.8. The zero-order valence-corrected chi connectivity index (χ0v) is 12.6. The van der Waals surface area contributed by atoms with Gasteiger partial charge >= 0.3 is 0 Å². The minimum Gasteiger partial charge on any atom is -0.273 e. The van der Waals surface area contributed by atoms with Crippen molar-refractivity contribution in [1.82, 2.24) is 10.4 Å². The summed E-state index contributed by atoms with van der Waals surface area (Å²) in [5.41, 5.74) is 9.54. The Balaban J connectivity index is 1.77. The minimum atomic E-state index is -0.178. The van der Waals surface area contributed by atoms with E-state index in [-0.39, 0.29) is 5.91 Å². The largest absolute Gasteiger partial charge is 0.273 e. The highest BCUT2D eigenvalue weighted by Gasteiger charge is 2.09. The van der Waals surface area contributed by atoms with E-state index < -0.39 is 0 Å². The van der Waals surface area contributed by atoms with Gasteiger partial charge in [0.2, 0.25) is 5.13 Å². The first-order valence-electron chi connectivity index (χ1n) is 6.63. The number of benzene rings is 2. The van der Waals surface area contributed by atoms with Crippen LogP contribution >= 0.6 is 11.3 Å². The fraction of sp³-hybridized carbons (Fsp3) is 0.125. The molecule has 106 valence electrons. The third kappa shape index (κ3) is 2.73. The predicted octanol–water partition coefficient (Wildman–Crippen LogP) is 3.67. The summed E-state index contributed by atoms with van der Waals surface area (Å²) >= 11 is 1.52. The smallest absolute Gasteiger partial charge is 0.269 e. The molecule has 21 heavy (non-hydrogen) atoms. The molecule has 0 aliphatic heterocycles. The average Bonchev–Trinajstić information content (AvgIpc) is 2.93. The van der Waals surface area contributed by atoms with Crippen molar-refractivity contribution < 1.29 is 4.79 Å². The summed E-state index contributed by atoms with van der Waals surface area (Å²) in [7, 11) is 0. The standard InChI is InChI=1S/C16H15N3OS/c1-10-8-9-13-14(11(10)2)17-16(21-13)19-18-15(20)12-6-4-3-5-7-12/h3-9H,1-2H3,(H,17,19)(H,18,20). The Morgan fingerprint density at radius 1 is 1.10 bits per heavy atom. The maximum atomic E-state index is 12.0. The van der Waals surface area contributed by atoms with Crippen LogP contribution in [0.5, 0.6) is 0 Å². The third-order valence-electron chi connectivity index (χ3n) is 3.40. The predicted molar refractivity (Wildman–Crippen MR) is 86.6 cm³/mol. The lowest BCUT2D eigenvalue weighted by molar-refractivity contribution is 0.0962. The van der Waals surface area contributed by atoms with Crippen LogP contribution in [0.4, 0.5) is 5.13 Å². The van der Waals surface area contributed by atoms with Crippen molar-refractivity contribution in [3.63, 3.8) is 0 Å². The molecule has 0 saturated heterocycles. The Labute approximate surface area is 126 Å². The Morgan fingerprint density at radius 2 is 1.86 bits per heavy atom. The number of hydrazine groups is 1. The van der Waals surface area contributed by atoms with Crippen LogP contribution in [0.1, 0.15) is 21.5 Å². The van der Waals surface area contributed by atoms with E-state index in [0.29, 0.717) is 10.7 Å². The Morgan fingerprint density at radius 3 is 2.62 bits per heavy atom. The van der Waals surface area contributed by atoms with Crippen LogP contribution < -0.4 is 10.9 Å². The number of carbonyl (C=O) groups excluding carboxylic acids is 1. The van der Waals surface area contributed by atoms with Gasteiger partial charge in [0.25, 0.3) is 5.91 Å². The molecule has 0 saturated carbocycles. The van der Waals surface area contributed by atoms with Crippen LogP contribution in [0.25, 0.3) is 10.2 Å². The lowest BCUT2D eigenvalue weighted by Gasteiger charge is -2.04. The summed E-state index contributed by atoms with van der Waals surface area (Å²) in [4.78, 5) is 16.5. The first-order valence-corrected chi connectivity index (χ1v) is 7.45. The van der Waals surface area contributed by atoms with Crippen molar-refractivity contribution in [3.8, 4) is 0 Å². The molecule has 0 radical (unpaired) electrons. The number of amides is 1. The van der Waals surface area contributed by atoms with Gasteiger partial charge in [0.1, 0.15) is 0 Å². The fourth-order valence-corrected chi connectivity index (χ4v) is 2.93. The molecule has 2 aromatic carbocycles. The van der Waals surface area contributed by atoms with E-state index in [2.05, 4.69) is 41.8 Å². The topological polar surface area (TPSA) is 54.0 Å². The van der Waals surface area contributed by atoms with E-state index in [1.807, 2.05) is 18.2 Å². The Bertz CT molecular complexity index is 796. The molecule has 0 fully saturated rings. The quantitative estimate of drug-likeness (QED) is 0.725. The first-order chi connectivity index (χ1) is 10.1. The summed E-state index contributed by atoms with van der Waals surface area (Å²) < 4.78 is 1.11. The van der Waals surface area contributed by atoms with E-state index in [1.165, 1.54) is 22.5 Å². The molecule has 5 heteroatoms. The highest BCUT2D eigenvalue weighted by Crippen LogP contribution is 2.29. The van der Waals surface area contributed by atoms with E-state index >= 15 is 0 Å². The van der Waals surface area contributed by atoms with Crippen molar-refractivity contribution in [2.24, 2.45) is 0 Å². The highest BCUT2D eigenvalue weighted by atomic mass is 32.1. The first kappa shape index (κ1) is 13.6. The second kappa shape index (κ2) is 5.54. The number of anilines is 1. The van der Waals surface area contributed by atoms with Gasteiger partial charge in [-0.15, -0.1) is 0 Å². The summed E-state index contributed by atoms with van der Waals surface area (Å²) in [6.07, 6.45) is 0. The monoisotopic (exact) mass is 297 g/mol. The molecule has 3 rings (SSSR count). The summed E-state index contributed by atoms with van der Waals surface area (Å²) in [5, 5.41) is 0.683. The van der Waals surface area contributed by atoms with Gasteiger partial charge in [0.15, 0.2) is 0 Å². The van der Waals surface area contributed by atoms with Gasteiger partial charge in [0, 0.05) is 5.56 Å². The molecule has 0 spiro atoms. The van der Waals surface area contributed by atoms with Gasteiger partial charge in [-0.25, -0.2) is 4.98 Å². The number of carbonyl (C=O) groups is 1. The van der Waals surface area contributed by atoms with Crippen molar-refractivity contribution >= 4 is 32.6 Å². The number of fused-ring (bicyclic) bond motifs is 1. The molecule has 3 aromatic rings. The van der Waals surface area contributed by atoms with Crippen molar-refractivity contribution in [1.29, 1.82) is 0 Å². The van der Waals surface area contributed by atoms with Crippen LogP contribution in [-0.2, 0) is 0 Å². The number of hydrogen-bond donors (Lipinski definition) is 2. The summed E-state index contributed by atoms with van der Waals surface area (Å²) in [6, 6.07) is 13.2. The molecule has 0 aliphatic rings. The second-order valence-electron chi connectivity index (χ2n) is 4.82. The summed E-state index contributed by atoms with van der Waals surface area (Å²) in [5.74, 6) is -0.178. The number of hydrogen-bond acceptors (Lipinski definition) is 4. The normalized spacial score (nSPS) is 10.6. The number of nitrogens with zero attached hydrogens (tertiary/aromatic N) is 1. The van der Waals surface area contributed by atoms with Crippen LogP contribution in [0, 0.1) is 13.8 Å². The lowest BCUT2D eigenvalue weighted by atomic mass is 10.1. The van der Waals surface area contributed by atoms with Crippen LogP contribution in [-0.4, -0.2) is 10.9 Å². The van der Waals surface area contributed by atoms with Gasteiger partial charge in [-0.1, -0.05) is 35.6 Å². The van der Waals surface area contributed by atoms with E-state index in [4.69, 9.17) is 0 Å². The van der Waals surface area contributed by atoms with Crippen molar-refractivity contribution in [3.05, 3.63) is 59.2 Å². The molecule has 0 aliphatic carbocycles. The maximum Gasteiger partial charge on any atom is 0.269 e.